The molecule has 7 heteroatoms. The van der Waals surface area contributed by atoms with Crippen molar-refractivity contribution < 1.29 is 18.3 Å². The van der Waals surface area contributed by atoms with Crippen molar-refractivity contribution >= 4 is 17.4 Å². The zero-order chi connectivity index (χ0) is 13.1. The van der Waals surface area contributed by atoms with Crippen LogP contribution < -0.4 is 5.73 Å². The molecule has 1 aromatic rings. The largest absolute Gasteiger partial charge is 0.433 e. The Kier molecular flexibility index (Phi) is 4.64. The molecular weight excluding hydrogens is 253 g/mol. The lowest BCUT2D eigenvalue weighted by Crippen LogP contribution is -2.09. The third kappa shape index (κ3) is 4.08. The fourth-order valence-electron chi connectivity index (χ4n) is 1.16. The highest BCUT2D eigenvalue weighted by Gasteiger charge is 2.33. The Morgan fingerprint density at radius 3 is 2.71 bits per heavy atom. The van der Waals surface area contributed by atoms with Gasteiger partial charge in [0.25, 0.3) is 0 Å². The third-order valence-corrected chi connectivity index (χ3v) is 3.29. The molecule has 1 atom stereocenters. The van der Waals surface area contributed by atoms with E-state index in [2.05, 4.69) is 4.98 Å². The second kappa shape index (κ2) is 5.59. The van der Waals surface area contributed by atoms with Crippen molar-refractivity contribution in [3.8, 4) is 0 Å². The van der Waals surface area contributed by atoms with Crippen LogP contribution in [0.4, 0.5) is 18.9 Å². The minimum Gasteiger partial charge on any atom is -0.397 e. The van der Waals surface area contributed by atoms with E-state index in [-0.39, 0.29) is 17.5 Å². The van der Waals surface area contributed by atoms with Crippen LogP contribution in [-0.4, -0.2) is 21.9 Å². The average Bonchev–Trinajstić information content (AvgIpc) is 2.20. The second-order valence-corrected chi connectivity index (χ2v) is 5.03. The first-order chi connectivity index (χ1) is 7.84. The van der Waals surface area contributed by atoms with Gasteiger partial charge in [-0.2, -0.15) is 13.2 Å². The third-order valence-electron chi connectivity index (χ3n) is 2.05. The first-order valence-corrected chi connectivity index (χ1v) is 5.82. The number of halogens is 3. The number of alkyl halides is 3. The molecule has 0 bridgehead atoms. The number of hydrogen-bond donors (Lipinski definition) is 2. The van der Waals surface area contributed by atoms with Crippen LogP contribution in [0.15, 0.2) is 17.2 Å². The Hall–Kier alpha value is -0.950. The van der Waals surface area contributed by atoms with Gasteiger partial charge >= 0.3 is 6.18 Å². The molecular formula is C10H13F3N2OS. The van der Waals surface area contributed by atoms with Crippen LogP contribution in [0, 0.1) is 0 Å². The van der Waals surface area contributed by atoms with Crippen molar-refractivity contribution in [1.29, 1.82) is 0 Å². The first-order valence-electron chi connectivity index (χ1n) is 4.95. The number of aromatic nitrogens is 1. The topological polar surface area (TPSA) is 59.1 Å². The Balaban J connectivity index is 2.91. The smallest absolute Gasteiger partial charge is 0.397 e. The number of anilines is 1. The van der Waals surface area contributed by atoms with Gasteiger partial charge in [-0.05, 0) is 12.5 Å². The van der Waals surface area contributed by atoms with Crippen LogP contribution in [-0.2, 0) is 6.18 Å². The van der Waals surface area contributed by atoms with Crippen LogP contribution in [0.1, 0.15) is 19.0 Å². The summed E-state index contributed by atoms with van der Waals surface area (Å²) >= 11 is 1.20. The van der Waals surface area contributed by atoms with E-state index in [0.717, 1.165) is 12.3 Å². The van der Waals surface area contributed by atoms with Crippen molar-refractivity contribution in [2.45, 2.75) is 29.7 Å². The normalized spacial score (nSPS) is 13.7. The van der Waals surface area contributed by atoms with Gasteiger partial charge in [-0.25, -0.2) is 4.98 Å². The minimum absolute atomic E-state index is 0.00853. The summed E-state index contributed by atoms with van der Waals surface area (Å²) in [7, 11) is 0. The summed E-state index contributed by atoms with van der Waals surface area (Å²) in [6.45, 7) is 1.80. The van der Waals surface area contributed by atoms with E-state index in [1.807, 2.05) is 6.92 Å². The lowest BCUT2D eigenvalue weighted by atomic mass is 10.3. The van der Waals surface area contributed by atoms with Gasteiger partial charge in [-0.15, -0.1) is 11.8 Å². The maximum atomic E-state index is 12.4. The van der Waals surface area contributed by atoms with Gasteiger partial charge in [-0.1, -0.05) is 6.92 Å². The van der Waals surface area contributed by atoms with Crippen LogP contribution in [0.3, 0.4) is 0 Å². The fourth-order valence-corrected chi connectivity index (χ4v) is 2.19. The number of nitrogens with two attached hydrogens (primary N) is 1. The Bertz CT molecular complexity index is 384. The van der Waals surface area contributed by atoms with Crippen molar-refractivity contribution in [1.82, 2.24) is 4.98 Å². The zero-order valence-electron chi connectivity index (χ0n) is 9.16. The van der Waals surface area contributed by atoms with Crippen molar-refractivity contribution in [2.75, 3.05) is 12.3 Å². The summed E-state index contributed by atoms with van der Waals surface area (Å²) in [5.74, 6) is 0. The molecule has 0 saturated heterocycles. The number of nitrogen functional groups attached to an aromatic ring is 1. The van der Waals surface area contributed by atoms with Crippen LogP contribution in [0.25, 0.3) is 0 Å². The summed E-state index contributed by atoms with van der Waals surface area (Å²) < 4.78 is 37.3. The standard InChI is InChI=1S/C10H13F3N2OS/c1-6(2-3-16)17-8-4-9(10(11,12)13)15-5-7(8)14/h4-6,16H,2-3,14H2,1H3. The molecule has 0 spiro atoms. The highest BCUT2D eigenvalue weighted by molar-refractivity contribution is 8.00. The van der Waals surface area contributed by atoms with Gasteiger partial charge in [-0.3, -0.25) is 0 Å². The van der Waals surface area contributed by atoms with Gasteiger partial charge in [0, 0.05) is 16.8 Å². The molecule has 1 aromatic heterocycles. The molecule has 0 aliphatic carbocycles. The monoisotopic (exact) mass is 266 g/mol. The molecule has 0 aliphatic rings. The van der Waals surface area contributed by atoms with E-state index in [4.69, 9.17) is 10.8 Å². The van der Waals surface area contributed by atoms with Crippen LogP contribution in [0.5, 0.6) is 0 Å². The summed E-state index contributed by atoms with van der Waals surface area (Å²) in [6, 6.07) is 0.938. The molecule has 0 aromatic carbocycles. The molecule has 1 heterocycles. The van der Waals surface area contributed by atoms with Gasteiger partial charge in [0.05, 0.1) is 11.9 Å². The Morgan fingerprint density at radius 1 is 1.53 bits per heavy atom. The van der Waals surface area contributed by atoms with Crippen molar-refractivity contribution in [3.63, 3.8) is 0 Å². The van der Waals surface area contributed by atoms with Crippen LogP contribution >= 0.6 is 11.8 Å². The summed E-state index contributed by atoms with van der Waals surface area (Å²) in [4.78, 5) is 3.59. The van der Waals surface area contributed by atoms with Gasteiger partial charge < -0.3 is 10.8 Å². The molecule has 1 rings (SSSR count). The molecule has 3 nitrogen and oxygen atoms in total. The maximum absolute atomic E-state index is 12.4. The van der Waals surface area contributed by atoms with E-state index >= 15 is 0 Å². The SMILES string of the molecule is CC(CCO)Sc1cc(C(F)(F)F)ncc1N. The van der Waals surface area contributed by atoms with Gasteiger partial charge in [0.2, 0.25) is 0 Å². The van der Waals surface area contributed by atoms with Gasteiger partial charge in [0.1, 0.15) is 5.69 Å². The van der Waals surface area contributed by atoms with Gasteiger partial charge in [0.15, 0.2) is 0 Å². The zero-order valence-corrected chi connectivity index (χ0v) is 9.98. The average molecular weight is 266 g/mol. The molecule has 0 fully saturated rings. The number of pyridine rings is 1. The molecule has 96 valence electrons. The molecule has 3 N–H and O–H groups in total. The summed E-state index contributed by atoms with van der Waals surface area (Å²) in [6.07, 6.45) is -2.96. The Morgan fingerprint density at radius 2 is 2.18 bits per heavy atom. The van der Waals surface area contributed by atoms with E-state index in [1.165, 1.54) is 11.8 Å². The predicted octanol–water partition coefficient (Wildman–Crippen LogP) is 2.55. The lowest BCUT2D eigenvalue weighted by molar-refractivity contribution is -0.141. The highest BCUT2D eigenvalue weighted by Crippen LogP contribution is 2.35. The fraction of sp³-hybridized carbons (Fsp3) is 0.500. The quantitative estimate of drug-likeness (QED) is 0.822. The number of hydrogen-bond acceptors (Lipinski definition) is 4. The number of aliphatic hydroxyl groups is 1. The number of rotatable bonds is 4. The van der Waals surface area contributed by atoms with Crippen molar-refractivity contribution in [2.24, 2.45) is 0 Å². The summed E-state index contributed by atoms with van der Waals surface area (Å²) in [5.41, 5.74) is 4.83. The molecule has 0 radical (unpaired) electrons. The number of thioether (sulfide) groups is 1. The highest BCUT2D eigenvalue weighted by atomic mass is 32.2. The van der Waals surface area contributed by atoms with Crippen LogP contribution in [0.2, 0.25) is 0 Å². The number of nitrogens with zero attached hydrogens (tertiary/aromatic N) is 1. The van der Waals surface area contributed by atoms with E-state index in [0.29, 0.717) is 11.3 Å². The molecule has 0 amide bonds. The minimum atomic E-state index is -4.47. The molecule has 0 saturated carbocycles. The van der Waals surface area contributed by atoms with E-state index in [1.54, 1.807) is 0 Å². The van der Waals surface area contributed by atoms with Crippen molar-refractivity contribution in [3.05, 3.63) is 18.0 Å². The molecule has 17 heavy (non-hydrogen) atoms. The first kappa shape index (κ1) is 14.1. The van der Waals surface area contributed by atoms with E-state index < -0.39 is 11.9 Å². The lowest BCUT2D eigenvalue weighted by Gasteiger charge is -2.13. The summed E-state index contributed by atoms with van der Waals surface area (Å²) in [5, 5.41) is 8.72. The maximum Gasteiger partial charge on any atom is 0.433 e. The van der Waals surface area contributed by atoms with E-state index in [9.17, 15) is 13.2 Å². The predicted molar refractivity (Wildman–Crippen MR) is 60.7 cm³/mol. The number of aliphatic hydroxyl groups excluding tert-OH is 1. The Labute approximate surface area is 101 Å². The molecule has 1 unspecified atom stereocenters. The molecule has 0 aliphatic heterocycles. The second-order valence-electron chi connectivity index (χ2n) is 3.55.